The van der Waals surface area contributed by atoms with E-state index in [4.69, 9.17) is 4.74 Å². The number of carbonyl (C=O) groups excluding carboxylic acids is 3. The average Bonchev–Trinajstić information content (AvgIpc) is 3.49. The van der Waals surface area contributed by atoms with Gasteiger partial charge in [-0.25, -0.2) is 4.98 Å². The van der Waals surface area contributed by atoms with E-state index < -0.39 is 6.04 Å². The molecule has 3 atom stereocenters. The predicted octanol–water partition coefficient (Wildman–Crippen LogP) is 3.11. The molecule has 4 aliphatic rings. The quantitative estimate of drug-likeness (QED) is 0.508. The highest BCUT2D eigenvalue weighted by Gasteiger charge is 2.41. The molecule has 3 aliphatic heterocycles. The monoisotopic (exact) mass is 513 g/mol. The molecule has 2 saturated heterocycles. The van der Waals surface area contributed by atoms with Gasteiger partial charge in [-0.15, -0.1) is 0 Å². The van der Waals surface area contributed by atoms with Gasteiger partial charge >= 0.3 is 0 Å². The highest BCUT2D eigenvalue weighted by Crippen LogP contribution is 2.38. The lowest BCUT2D eigenvalue weighted by molar-refractivity contribution is -0.136. The number of hydrogen-bond acceptors (Lipinski definition) is 6. The van der Waals surface area contributed by atoms with Crippen LogP contribution >= 0.6 is 0 Å². The minimum atomic E-state index is -0.605. The van der Waals surface area contributed by atoms with E-state index in [1.807, 2.05) is 30.6 Å². The number of pyridine rings is 1. The summed E-state index contributed by atoms with van der Waals surface area (Å²) in [6, 6.07) is 9.70. The van der Waals surface area contributed by atoms with E-state index in [0.29, 0.717) is 30.5 Å². The van der Waals surface area contributed by atoms with E-state index in [-0.39, 0.29) is 30.2 Å². The summed E-state index contributed by atoms with van der Waals surface area (Å²) in [5.74, 6) is 0.457. The van der Waals surface area contributed by atoms with Crippen LogP contribution in [0.25, 0.3) is 11.0 Å². The number of likely N-dealkylation sites (tertiary alicyclic amines) is 1. The van der Waals surface area contributed by atoms with E-state index in [1.165, 1.54) is 17.4 Å². The minimum absolute atomic E-state index is 0.107. The fraction of sp³-hybridized carbons (Fsp3) is 0.448. The maximum atomic E-state index is 13.0. The molecule has 5 heterocycles. The van der Waals surface area contributed by atoms with Crippen molar-refractivity contribution in [2.45, 2.75) is 69.2 Å². The van der Waals surface area contributed by atoms with Gasteiger partial charge in [0.1, 0.15) is 23.5 Å². The van der Waals surface area contributed by atoms with Crippen LogP contribution in [0.4, 0.5) is 0 Å². The van der Waals surface area contributed by atoms with Crippen LogP contribution in [-0.2, 0) is 16.1 Å². The van der Waals surface area contributed by atoms with Gasteiger partial charge < -0.3 is 14.6 Å². The summed E-state index contributed by atoms with van der Waals surface area (Å²) in [4.78, 5) is 48.7. The predicted molar refractivity (Wildman–Crippen MR) is 140 cm³/mol. The molecule has 1 aliphatic carbocycles. The Kier molecular flexibility index (Phi) is 5.69. The van der Waals surface area contributed by atoms with E-state index in [9.17, 15) is 14.4 Å². The molecule has 38 heavy (non-hydrogen) atoms. The number of H-pyrrole nitrogens is 1. The van der Waals surface area contributed by atoms with Gasteiger partial charge in [-0.3, -0.25) is 24.6 Å². The van der Waals surface area contributed by atoms with Gasteiger partial charge in [-0.2, -0.15) is 0 Å². The highest BCUT2D eigenvalue weighted by molar-refractivity contribution is 6.05. The van der Waals surface area contributed by atoms with Crippen molar-refractivity contribution in [3.05, 3.63) is 59.4 Å². The summed E-state index contributed by atoms with van der Waals surface area (Å²) in [7, 11) is 0. The molecule has 2 aromatic heterocycles. The Balaban J connectivity index is 1.03. The van der Waals surface area contributed by atoms with Crippen LogP contribution in [0.1, 0.15) is 65.9 Å². The van der Waals surface area contributed by atoms with Gasteiger partial charge in [-0.1, -0.05) is 6.42 Å². The molecular weight excluding hydrogens is 482 g/mol. The zero-order chi connectivity index (χ0) is 25.8. The molecule has 3 amide bonds. The molecule has 3 aromatic rings. The van der Waals surface area contributed by atoms with Crippen LogP contribution in [0, 0.1) is 0 Å². The van der Waals surface area contributed by atoms with Crippen LogP contribution in [0.5, 0.6) is 5.75 Å². The number of piperidine rings is 1. The molecule has 9 nitrogen and oxygen atoms in total. The Morgan fingerprint density at radius 1 is 1.00 bits per heavy atom. The maximum absolute atomic E-state index is 13.0. The van der Waals surface area contributed by atoms with Crippen molar-refractivity contribution in [3.63, 3.8) is 0 Å². The largest absolute Gasteiger partial charge is 0.489 e. The second-order valence-electron chi connectivity index (χ2n) is 11.0. The summed E-state index contributed by atoms with van der Waals surface area (Å²) < 4.78 is 6.59. The molecular formula is C29H31N5O4. The van der Waals surface area contributed by atoms with Crippen molar-refractivity contribution in [1.82, 2.24) is 25.1 Å². The molecule has 1 aromatic carbocycles. The van der Waals surface area contributed by atoms with Crippen molar-refractivity contribution < 1.29 is 19.1 Å². The summed E-state index contributed by atoms with van der Waals surface area (Å²) >= 11 is 0. The number of nitrogens with zero attached hydrogens (tertiary/aromatic N) is 3. The third-order valence-corrected chi connectivity index (χ3v) is 8.76. The van der Waals surface area contributed by atoms with Gasteiger partial charge in [0.25, 0.3) is 5.91 Å². The minimum Gasteiger partial charge on any atom is -0.489 e. The zero-order valence-electron chi connectivity index (χ0n) is 21.2. The van der Waals surface area contributed by atoms with Crippen molar-refractivity contribution in [1.29, 1.82) is 0 Å². The molecule has 0 unspecified atom stereocenters. The number of hydrogen-bond donors (Lipinski definition) is 2. The standard InChI is InChI=1S/C29H31N5O4/c35-26-8-7-24(28(36)32-26)34-16-17-13-19(5-6-21(17)29(34)37)38-25-4-2-1-3-23(25)33-14-18(15-33)20-9-11-30-27-22(20)10-12-31-27/h5-6,9-13,18,23-25H,1-4,7-8,14-16H2,(H,30,31)(H,32,35,36)/t23-,24+,25-/m1/s1. The Hall–Kier alpha value is -3.72. The summed E-state index contributed by atoms with van der Waals surface area (Å²) in [5.41, 5.74) is 3.80. The van der Waals surface area contributed by atoms with E-state index in [0.717, 1.165) is 49.3 Å². The van der Waals surface area contributed by atoms with Crippen LogP contribution in [-0.4, -0.2) is 68.8 Å². The second kappa shape index (κ2) is 9.23. The molecule has 0 bridgehead atoms. The first-order valence-electron chi connectivity index (χ1n) is 13.7. The third kappa shape index (κ3) is 3.96. The second-order valence-corrected chi connectivity index (χ2v) is 11.0. The Morgan fingerprint density at radius 3 is 2.74 bits per heavy atom. The lowest BCUT2D eigenvalue weighted by Crippen LogP contribution is -2.57. The number of rotatable bonds is 5. The maximum Gasteiger partial charge on any atom is 0.255 e. The number of aromatic amines is 1. The first-order valence-corrected chi connectivity index (χ1v) is 13.7. The molecule has 0 radical (unpaired) electrons. The number of imide groups is 1. The number of carbonyl (C=O) groups is 3. The Labute approximate surface area is 220 Å². The molecule has 1 saturated carbocycles. The van der Waals surface area contributed by atoms with Crippen LogP contribution < -0.4 is 10.1 Å². The first-order chi connectivity index (χ1) is 18.5. The Bertz CT molecular complexity index is 1430. The first kappa shape index (κ1) is 23.4. The average molecular weight is 514 g/mol. The number of nitrogens with one attached hydrogen (secondary N) is 2. The zero-order valence-corrected chi connectivity index (χ0v) is 21.2. The SMILES string of the molecule is O=C1CC[C@H](N2Cc3cc(O[C@@H]4CCCC[C@H]4N4CC(c5ccnc6[nH]ccc56)C4)ccc3C2=O)C(=O)N1. The highest BCUT2D eigenvalue weighted by atomic mass is 16.5. The fourth-order valence-electron chi connectivity index (χ4n) is 6.75. The van der Waals surface area contributed by atoms with Gasteiger partial charge in [-0.05, 0) is 67.1 Å². The van der Waals surface area contributed by atoms with Crippen molar-refractivity contribution in [2.24, 2.45) is 0 Å². The topological polar surface area (TPSA) is 108 Å². The summed E-state index contributed by atoms with van der Waals surface area (Å²) in [5, 5.41) is 3.58. The summed E-state index contributed by atoms with van der Waals surface area (Å²) in [6.45, 7) is 2.40. The molecule has 2 N–H and O–H groups in total. The van der Waals surface area contributed by atoms with Crippen LogP contribution in [0.2, 0.25) is 0 Å². The van der Waals surface area contributed by atoms with Gasteiger partial charge in [0, 0.05) is 61.4 Å². The molecule has 7 rings (SSSR count). The van der Waals surface area contributed by atoms with Crippen molar-refractivity contribution >= 4 is 28.8 Å². The number of benzene rings is 1. The lowest BCUT2D eigenvalue weighted by atomic mass is 9.84. The fourth-order valence-corrected chi connectivity index (χ4v) is 6.75. The van der Waals surface area contributed by atoms with Crippen molar-refractivity contribution in [2.75, 3.05) is 13.1 Å². The van der Waals surface area contributed by atoms with Gasteiger partial charge in [0.15, 0.2) is 0 Å². The van der Waals surface area contributed by atoms with Gasteiger partial charge in [0.05, 0.1) is 0 Å². The third-order valence-electron chi connectivity index (χ3n) is 8.76. The number of fused-ring (bicyclic) bond motifs is 2. The van der Waals surface area contributed by atoms with E-state index >= 15 is 0 Å². The van der Waals surface area contributed by atoms with E-state index in [2.05, 4.69) is 32.3 Å². The van der Waals surface area contributed by atoms with Gasteiger partial charge in [0.2, 0.25) is 11.8 Å². The number of ether oxygens (including phenoxy) is 1. The number of aromatic nitrogens is 2. The Morgan fingerprint density at radius 2 is 1.87 bits per heavy atom. The van der Waals surface area contributed by atoms with E-state index in [1.54, 1.807) is 4.90 Å². The lowest BCUT2D eigenvalue weighted by Gasteiger charge is -2.48. The molecule has 0 spiro atoms. The number of amides is 3. The molecule has 9 heteroatoms. The van der Waals surface area contributed by atoms with Crippen molar-refractivity contribution in [3.8, 4) is 5.75 Å². The van der Waals surface area contributed by atoms with Crippen LogP contribution in [0.3, 0.4) is 0 Å². The van der Waals surface area contributed by atoms with Crippen LogP contribution in [0.15, 0.2) is 42.7 Å². The molecule has 3 fully saturated rings. The normalized spacial score (nSPS) is 26.4. The summed E-state index contributed by atoms with van der Waals surface area (Å²) in [6.07, 6.45) is 9.08. The molecule has 196 valence electrons. The smallest absolute Gasteiger partial charge is 0.255 e.